The van der Waals surface area contributed by atoms with E-state index in [4.69, 9.17) is 4.74 Å². The summed E-state index contributed by atoms with van der Waals surface area (Å²) in [6.45, 7) is 2.84. The van der Waals surface area contributed by atoms with Gasteiger partial charge in [0.05, 0.1) is 6.04 Å². The number of carbonyl (C=O) groups is 1. The summed E-state index contributed by atoms with van der Waals surface area (Å²) in [6, 6.07) is 11.0. The van der Waals surface area contributed by atoms with E-state index in [1.165, 1.54) is 22.7 Å². The Labute approximate surface area is 176 Å². The average molecular weight is 438 g/mol. The molecule has 29 heavy (non-hydrogen) atoms. The fraction of sp³-hybridized carbons (Fsp3) is 0.450. The van der Waals surface area contributed by atoms with E-state index in [9.17, 15) is 13.2 Å². The van der Waals surface area contributed by atoms with Crippen molar-refractivity contribution >= 4 is 27.5 Å². The number of hydrogen-bond acceptors (Lipinski definition) is 5. The number of piperidine rings is 1. The van der Waals surface area contributed by atoms with Crippen LogP contribution in [0.25, 0.3) is 0 Å². The van der Waals surface area contributed by atoms with Crippen LogP contribution in [0.5, 0.6) is 5.75 Å². The number of amides is 1. The monoisotopic (exact) mass is 437 g/mol. The second kappa shape index (κ2) is 9.25. The van der Waals surface area contributed by atoms with Gasteiger partial charge in [0.15, 0.2) is 0 Å². The number of rotatable bonds is 7. The summed E-state index contributed by atoms with van der Waals surface area (Å²) in [4.78, 5) is 13.5. The standard InChI is InChI=1S/C20H27N3O4S2/c1-15(19-5-4-14-28-19)21-20(24)16-6-8-17(9-7-16)27-18-10-12-23(13-11-18)29(25,26)22(2)3/h4-9,14-15,18H,10-13H2,1-3H3,(H,21,24). The Kier molecular flexibility index (Phi) is 6.94. The third kappa shape index (κ3) is 5.36. The Morgan fingerprint density at radius 1 is 1.21 bits per heavy atom. The normalized spacial score (nSPS) is 17.2. The number of benzene rings is 1. The van der Waals surface area contributed by atoms with Crippen LogP contribution in [0.4, 0.5) is 0 Å². The zero-order valence-corrected chi connectivity index (χ0v) is 18.5. The SMILES string of the molecule is CC(NC(=O)c1ccc(OC2CCN(S(=O)(=O)N(C)C)CC2)cc1)c1cccs1. The van der Waals surface area contributed by atoms with E-state index in [-0.39, 0.29) is 18.1 Å². The Balaban J connectivity index is 1.51. The molecular weight excluding hydrogens is 410 g/mol. The van der Waals surface area contributed by atoms with Gasteiger partial charge in [-0.25, -0.2) is 0 Å². The molecule has 1 atom stereocenters. The van der Waals surface area contributed by atoms with Gasteiger partial charge in [-0.3, -0.25) is 4.79 Å². The van der Waals surface area contributed by atoms with Gasteiger partial charge in [-0.1, -0.05) is 6.07 Å². The van der Waals surface area contributed by atoms with Gasteiger partial charge in [0, 0.05) is 37.6 Å². The molecule has 2 aromatic rings. The molecule has 1 amide bonds. The number of carbonyl (C=O) groups excluding carboxylic acids is 1. The first-order valence-electron chi connectivity index (χ1n) is 9.56. The summed E-state index contributed by atoms with van der Waals surface area (Å²) < 4.78 is 33.1. The largest absolute Gasteiger partial charge is 0.490 e. The molecule has 1 fully saturated rings. The molecule has 1 aromatic carbocycles. The minimum absolute atomic E-state index is 0.0397. The van der Waals surface area contributed by atoms with Crippen molar-refractivity contribution in [2.75, 3.05) is 27.2 Å². The molecular formula is C20H27N3O4S2. The van der Waals surface area contributed by atoms with Crippen LogP contribution in [0, 0.1) is 0 Å². The Morgan fingerprint density at radius 3 is 2.41 bits per heavy atom. The molecule has 1 aromatic heterocycles. The highest BCUT2D eigenvalue weighted by Gasteiger charge is 2.30. The quantitative estimate of drug-likeness (QED) is 0.722. The summed E-state index contributed by atoms with van der Waals surface area (Å²) in [5, 5.41) is 4.98. The topological polar surface area (TPSA) is 79.0 Å². The number of thiophene rings is 1. The summed E-state index contributed by atoms with van der Waals surface area (Å²) in [5.74, 6) is 0.557. The van der Waals surface area contributed by atoms with Crippen molar-refractivity contribution in [1.29, 1.82) is 0 Å². The molecule has 0 spiro atoms. The van der Waals surface area contributed by atoms with Crippen LogP contribution in [-0.2, 0) is 10.2 Å². The van der Waals surface area contributed by atoms with Crippen molar-refractivity contribution in [3.63, 3.8) is 0 Å². The smallest absolute Gasteiger partial charge is 0.281 e. The van der Waals surface area contributed by atoms with E-state index in [0.717, 1.165) is 4.88 Å². The van der Waals surface area contributed by atoms with Crippen LogP contribution in [0.3, 0.4) is 0 Å². The van der Waals surface area contributed by atoms with Crippen LogP contribution >= 0.6 is 11.3 Å². The van der Waals surface area contributed by atoms with Crippen molar-refractivity contribution in [3.8, 4) is 5.75 Å². The summed E-state index contributed by atoms with van der Waals surface area (Å²) >= 11 is 1.61. The first-order chi connectivity index (χ1) is 13.8. The fourth-order valence-electron chi connectivity index (χ4n) is 3.18. The molecule has 1 aliphatic rings. The predicted molar refractivity (Wildman–Crippen MR) is 114 cm³/mol. The van der Waals surface area contributed by atoms with Gasteiger partial charge in [-0.2, -0.15) is 17.0 Å². The molecule has 0 saturated carbocycles. The van der Waals surface area contributed by atoms with E-state index in [1.807, 2.05) is 24.4 Å². The van der Waals surface area contributed by atoms with Crippen molar-refractivity contribution in [3.05, 3.63) is 52.2 Å². The van der Waals surface area contributed by atoms with Gasteiger partial charge < -0.3 is 10.1 Å². The first-order valence-corrected chi connectivity index (χ1v) is 11.8. The van der Waals surface area contributed by atoms with E-state index >= 15 is 0 Å². The van der Waals surface area contributed by atoms with Crippen LogP contribution in [0.15, 0.2) is 41.8 Å². The molecule has 0 radical (unpaired) electrons. The molecule has 1 N–H and O–H groups in total. The summed E-state index contributed by atoms with van der Waals surface area (Å²) in [7, 11) is -0.293. The molecule has 1 unspecified atom stereocenters. The minimum atomic E-state index is -3.37. The molecule has 158 valence electrons. The summed E-state index contributed by atoms with van der Waals surface area (Å²) in [6.07, 6.45) is 1.23. The lowest BCUT2D eigenvalue weighted by Crippen LogP contribution is -2.46. The summed E-state index contributed by atoms with van der Waals surface area (Å²) in [5.41, 5.74) is 0.577. The highest BCUT2D eigenvalue weighted by Crippen LogP contribution is 2.22. The van der Waals surface area contributed by atoms with Crippen LogP contribution < -0.4 is 10.1 Å². The van der Waals surface area contributed by atoms with Gasteiger partial charge >= 0.3 is 0 Å². The molecule has 1 aliphatic heterocycles. The lowest BCUT2D eigenvalue weighted by atomic mass is 10.1. The zero-order chi connectivity index (χ0) is 21.0. The fourth-order valence-corrected chi connectivity index (χ4v) is 5.05. The third-order valence-corrected chi connectivity index (χ3v) is 7.92. The highest BCUT2D eigenvalue weighted by molar-refractivity contribution is 7.86. The molecule has 7 nitrogen and oxygen atoms in total. The van der Waals surface area contributed by atoms with E-state index in [2.05, 4.69) is 5.32 Å². The minimum Gasteiger partial charge on any atom is -0.490 e. The Hall–Kier alpha value is -1.94. The predicted octanol–water partition coefficient (Wildman–Crippen LogP) is 2.89. The molecule has 3 rings (SSSR count). The van der Waals surface area contributed by atoms with Gasteiger partial charge in [0.2, 0.25) is 0 Å². The average Bonchev–Trinajstić information content (AvgIpc) is 3.24. The van der Waals surface area contributed by atoms with Gasteiger partial charge in [-0.15, -0.1) is 11.3 Å². The lowest BCUT2D eigenvalue weighted by Gasteiger charge is -2.32. The van der Waals surface area contributed by atoms with Crippen molar-refractivity contribution < 1.29 is 17.9 Å². The Bertz CT molecular complexity index is 904. The van der Waals surface area contributed by atoms with Crippen LogP contribution in [-0.4, -0.2) is 56.2 Å². The molecule has 0 bridgehead atoms. The van der Waals surface area contributed by atoms with Gasteiger partial charge in [0.1, 0.15) is 11.9 Å². The zero-order valence-electron chi connectivity index (χ0n) is 16.9. The van der Waals surface area contributed by atoms with Gasteiger partial charge in [-0.05, 0) is 55.5 Å². The van der Waals surface area contributed by atoms with Crippen molar-refractivity contribution in [2.45, 2.75) is 31.9 Å². The third-order valence-electron chi connectivity index (χ3n) is 4.93. The molecule has 2 heterocycles. The lowest BCUT2D eigenvalue weighted by molar-refractivity contribution is 0.0940. The van der Waals surface area contributed by atoms with E-state index < -0.39 is 10.2 Å². The maximum atomic E-state index is 12.4. The first kappa shape index (κ1) is 21.8. The second-order valence-corrected chi connectivity index (χ2v) is 10.4. The molecule has 9 heteroatoms. The van der Waals surface area contributed by atoms with Gasteiger partial charge in [0.25, 0.3) is 16.1 Å². The number of nitrogens with one attached hydrogen (secondary N) is 1. The maximum Gasteiger partial charge on any atom is 0.281 e. The van der Waals surface area contributed by atoms with Crippen molar-refractivity contribution in [2.24, 2.45) is 0 Å². The second-order valence-electron chi connectivity index (χ2n) is 7.24. The van der Waals surface area contributed by atoms with Crippen LogP contribution in [0.2, 0.25) is 0 Å². The molecule has 1 saturated heterocycles. The number of ether oxygens (including phenoxy) is 1. The molecule has 0 aliphatic carbocycles. The van der Waals surface area contributed by atoms with E-state index in [1.54, 1.807) is 35.6 Å². The number of nitrogens with zero attached hydrogens (tertiary/aromatic N) is 2. The van der Waals surface area contributed by atoms with Crippen LogP contribution in [0.1, 0.15) is 41.0 Å². The van der Waals surface area contributed by atoms with Crippen molar-refractivity contribution in [1.82, 2.24) is 13.9 Å². The number of hydrogen-bond donors (Lipinski definition) is 1. The maximum absolute atomic E-state index is 12.4. The Morgan fingerprint density at radius 2 is 1.86 bits per heavy atom. The highest BCUT2D eigenvalue weighted by atomic mass is 32.2. The van der Waals surface area contributed by atoms with E-state index in [0.29, 0.717) is 37.2 Å².